The van der Waals surface area contributed by atoms with Crippen molar-refractivity contribution in [2.24, 2.45) is 11.8 Å². The SMILES string of the molecule is C.CC(C)(C)c1ccc(N2CC3CN(CCCC(=O)N4CCC(Nc5ccc(Cl)c(SC(F)(F)F)c5)CC4)CC3C2)cc1. The van der Waals surface area contributed by atoms with Crippen molar-refractivity contribution in [1.82, 2.24) is 9.80 Å². The van der Waals surface area contributed by atoms with Gasteiger partial charge >= 0.3 is 5.51 Å². The molecule has 3 fully saturated rings. The molecule has 0 radical (unpaired) electrons. The fourth-order valence-electron chi connectivity index (χ4n) is 6.57. The maximum atomic E-state index is 12.9. The first-order valence-electron chi connectivity index (χ1n) is 15.0. The van der Waals surface area contributed by atoms with Gasteiger partial charge in [-0.2, -0.15) is 13.2 Å². The van der Waals surface area contributed by atoms with Gasteiger partial charge in [0, 0.05) is 68.0 Å². The molecule has 2 unspecified atom stereocenters. The lowest BCUT2D eigenvalue weighted by Crippen LogP contribution is -2.42. The Morgan fingerprint density at radius 3 is 2.19 bits per heavy atom. The van der Waals surface area contributed by atoms with Crippen LogP contribution in [0.15, 0.2) is 47.4 Å². The minimum atomic E-state index is -4.39. The lowest BCUT2D eigenvalue weighted by molar-refractivity contribution is -0.132. The van der Waals surface area contributed by atoms with E-state index in [4.69, 9.17) is 11.6 Å². The number of carbonyl (C=O) groups excluding carboxylic acids is 1. The molecule has 43 heavy (non-hydrogen) atoms. The molecule has 0 aromatic heterocycles. The molecule has 2 aromatic carbocycles. The van der Waals surface area contributed by atoms with E-state index in [9.17, 15) is 18.0 Å². The van der Waals surface area contributed by atoms with E-state index in [1.165, 1.54) is 23.4 Å². The van der Waals surface area contributed by atoms with Gasteiger partial charge in [0.25, 0.3) is 0 Å². The minimum Gasteiger partial charge on any atom is -0.382 e. The molecule has 0 bridgehead atoms. The minimum absolute atomic E-state index is 0. The van der Waals surface area contributed by atoms with E-state index in [2.05, 4.69) is 60.2 Å². The predicted octanol–water partition coefficient (Wildman–Crippen LogP) is 8.14. The molecular weight excluding hydrogens is 593 g/mol. The van der Waals surface area contributed by atoms with Crippen LogP contribution >= 0.6 is 23.4 Å². The summed E-state index contributed by atoms with van der Waals surface area (Å²) in [5, 5.41) is 3.41. The number of hydrogen-bond acceptors (Lipinski definition) is 5. The van der Waals surface area contributed by atoms with Crippen LogP contribution in [-0.2, 0) is 10.2 Å². The van der Waals surface area contributed by atoms with Crippen LogP contribution in [0.5, 0.6) is 0 Å². The Morgan fingerprint density at radius 2 is 1.60 bits per heavy atom. The standard InChI is InChI=1S/C32H42ClF3N4OS.CH4/c1-31(2,3)24-6-9-27(10-7-24)40-20-22-18-38(19-23(22)21-40)14-4-5-30(41)39-15-12-25(13-16-39)37-26-8-11-28(33)29(17-26)42-32(34,35)36;/h6-11,17,22-23,25,37H,4-5,12-16,18-21H2,1-3H3;1H4. The maximum Gasteiger partial charge on any atom is 0.446 e. The van der Waals surface area contributed by atoms with Gasteiger partial charge in [-0.1, -0.05) is 51.9 Å². The summed E-state index contributed by atoms with van der Waals surface area (Å²) in [6.45, 7) is 13.5. The molecule has 5 nitrogen and oxygen atoms in total. The lowest BCUT2D eigenvalue weighted by atomic mass is 9.87. The second-order valence-corrected chi connectivity index (χ2v) is 14.6. The molecule has 5 rings (SSSR count). The van der Waals surface area contributed by atoms with Crippen LogP contribution in [0, 0.1) is 11.8 Å². The van der Waals surface area contributed by atoms with Gasteiger partial charge in [0.15, 0.2) is 0 Å². The Bertz CT molecular complexity index is 1210. The molecule has 3 saturated heterocycles. The van der Waals surface area contributed by atoms with E-state index in [-0.39, 0.29) is 46.5 Å². The second kappa shape index (κ2) is 13.9. The Kier molecular flexibility index (Phi) is 10.9. The van der Waals surface area contributed by atoms with Crippen molar-refractivity contribution in [3.8, 4) is 0 Å². The molecule has 3 aliphatic heterocycles. The summed E-state index contributed by atoms with van der Waals surface area (Å²) in [5.41, 5.74) is -0.907. The number of amides is 1. The van der Waals surface area contributed by atoms with Crippen LogP contribution < -0.4 is 10.2 Å². The number of fused-ring (bicyclic) bond motifs is 1. The Hall–Kier alpha value is -2.10. The zero-order chi connectivity index (χ0) is 30.1. The van der Waals surface area contributed by atoms with Crippen molar-refractivity contribution in [2.45, 2.75) is 75.7 Å². The number of anilines is 2. The van der Waals surface area contributed by atoms with E-state index in [0.29, 0.717) is 37.0 Å². The van der Waals surface area contributed by atoms with Crippen molar-refractivity contribution >= 4 is 40.6 Å². The van der Waals surface area contributed by atoms with Gasteiger partial charge in [0.2, 0.25) is 5.91 Å². The van der Waals surface area contributed by atoms with Crippen molar-refractivity contribution < 1.29 is 18.0 Å². The summed E-state index contributed by atoms with van der Waals surface area (Å²) < 4.78 is 38.4. The molecule has 238 valence electrons. The number of thioether (sulfide) groups is 1. The normalized spacial score (nSPS) is 21.6. The molecular formula is C33H46ClF3N4OS. The summed E-state index contributed by atoms with van der Waals surface area (Å²) in [4.78, 5) is 19.9. The van der Waals surface area contributed by atoms with E-state index >= 15 is 0 Å². The Balaban J connectivity index is 0.00000423. The van der Waals surface area contributed by atoms with E-state index in [0.717, 1.165) is 52.0 Å². The molecule has 1 amide bonds. The number of carbonyl (C=O) groups is 1. The largest absolute Gasteiger partial charge is 0.446 e. The number of nitrogens with one attached hydrogen (secondary N) is 1. The Labute approximate surface area is 264 Å². The van der Waals surface area contributed by atoms with Crippen molar-refractivity contribution in [2.75, 3.05) is 56.0 Å². The van der Waals surface area contributed by atoms with Gasteiger partial charge in [0.05, 0.1) is 5.02 Å². The van der Waals surface area contributed by atoms with Crippen LogP contribution in [0.3, 0.4) is 0 Å². The van der Waals surface area contributed by atoms with Gasteiger partial charge in [-0.15, -0.1) is 0 Å². The summed E-state index contributed by atoms with van der Waals surface area (Å²) in [7, 11) is 0. The first kappa shape index (κ1) is 33.8. The Morgan fingerprint density at radius 1 is 0.977 bits per heavy atom. The number of halogens is 4. The number of nitrogens with zero attached hydrogens (tertiary/aromatic N) is 3. The monoisotopic (exact) mass is 638 g/mol. The zero-order valence-corrected chi connectivity index (χ0v) is 26.3. The van der Waals surface area contributed by atoms with Gasteiger partial charge in [-0.05, 0) is 90.7 Å². The molecule has 0 aliphatic carbocycles. The third-order valence-corrected chi connectivity index (χ3v) is 10.1. The summed E-state index contributed by atoms with van der Waals surface area (Å²) in [5.74, 6) is 1.59. The average Bonchev–Trinajstić information content (AvgIpc) is 3.49. The van der Waals surface area contributed by atoms with E-state index < -0.39 is 5.51 Å². The van der Waals surface area contributed by atoms with Crippen LogP contribution in [-0.4, -0.2) is 73.1 Å². The number of hydrogen-bond donors (Lipinski definition) is 1. The lowest BCUT2D eigenvalue weighted by Gasteiger charge is -2.33. The van der Waals surface area contributed by atoms with Crippen LogP contribution in [0.4, 0.5) is 24.5 Å². The molecule has 3 heterocycles. The molecule has 3 aliphatic rings. The number of likely N-dealkylation sites (tertiary alicyclic amines) is 2. The maximum absolute atomic E-state index is 12.9. The highest BCUT2D eigenvalue weighted by Gasteiger charge is 2.40. The third kappa shape index (κ3) is 8.98. The van der Waals surface area contributed by atoms with Gasteiger partial charge in [-0.3, -0.25) is 4.79 Å². The number of alkyl halides is 3. The van der Waals surface area contributed by atoms with E-state index in [1.54, 1.807) is 6.07 Å². The van der Waals surface area contributed by atoms with Crippen molar-refractivity contribution in [3.05, 3.63) is 53.1 Å². The smallest absolute Gasteiger partial charge is 0.382 e. The molecule has 2 aromatic rings. The highest BCUT2D eigenvalue weighted by molar-refractivity contribution is 8.00. The molecule has 1 N–H and O–H groups in total. The first-order valence-corrected chi connectivity index (χ1v) is 16.2. The third-order valence-electron chi connectivity index (χ3n) is 8.90. The van der Waals surface area contributed by atoms with Gasteiger partial charge < -0.3 is 20.0 Å². The molecule has 0 spiro atoms. The van der Waals surface area contributed by atoms with Gasteiger partial charge in [-0.25, -0.2) is 0 Å². The second-order valence-electron chi connectivity index (χ2n) is 13.1. The fraction of sp³-hybridized carbons (Fsp3) is 0.606. The van der Waals surface area contributed by atoms with Crippen LogP contribution in [0.1, 0.15) is 59.4 Å². The predicted molar refractivity (Wildman–Crippen MR) is 173 cm³/mol. The molecule has 2 atom stereocenters. The van der Waals surface area contributed by atoms with Crippen molar-refractivity contribution in [1.29, 1.82) is 0 Å². The highest BCUT2D eigenvalue weighted by atomic mass is 35.5. The first-order chi connectivity index (χ1) is 19.8. The molecule has 10 heteroatoms. The van der Waals surface area contributed by atoms with Crippen molar-refractivity contribution in [3.63, 3.8) is 0 Å². The topological polar surface area (TPSA) is 38.8 Å². The van der Waals surface area contributed by atoms with E-state index in [1.807, 2.05) is 4.90 Å². The number of piperidine rings is 1. The summed E-state index contributed by atoms with van der Waals surface area (Å²) in [6, 6.07) is 13.8. The van der Waals surface area contributed by atoms with Gasteiger partial charge in [0.1, 0.15) is 0 Å². The quantitative estimate of drug-likeness (QED) is 0.296. The zero-order valence-electron chi connectivity index (χ0n) is 24.7. The molecule has 0 saturated carbocycles. The highest BCUT2D eigenvalue weighted by Crippen LogP contribution is 2.41. The van der Waals surface area contributed by atoms with Crippen LogP contribution in [0.25, 0.3) is 0 Å². The van der Waals surface area contributed by atoms with Crippen LogP contribution in [0.2, 0.25) is 5.02 Å². The summed E-state index contributed by atoms with van der Waals surface area (Å²) in [6.07, 6.45) is 2.96. The average molecular weight is 639 g/mol. The summed E-state index contributed by atoms with van der Waals surface area (Å²) >= 11 is 5.75. The fourth-order valence-corrected chi connectivity index (χ4v) is 7.41. The number of benzene rings is 2. The number of rotatable bonds is 8.